The molecular weight excluding hydrogens is 291 g/mol. The minimum absolute atomic E-state index is 0. The summed E-state index contributed by atoms with van der Waals surface area (Å²) in [5, 5.41) is 0. The van der Waals surface area contributed by atoms with Gasteiger partial charge in [0.15, 0.2) is 0 Å². The first-order valence-corrected chi connectivity index (χ1v) is 6.75. The Bertz CT molecular complexity index is 206. The Balaban J connectivity index is 0.000000720. The zero-order valence-corrected chi connectivity index (χ0v) is 10.7. The second-order valence-corrected chi connectivity index (χ2v) is 6.85. The van der Waals surface area contributed by atoms with Gasteiger partial charge in [-0.05, 0) is 0 Å². The standard InChI is InChI=1S/2C5H5.BrH.Zr.H/c2*1-2-4-5-3-1;;;/h2*1-5H;1H;;/q;;;+2;-1/p-1. The molecule has 0 heterocycles. The van der Waals surface area contributed by atoms with Crippen molar-refractivity contribution in [2.24, 2.45) is 0 Å². The van der Waals surface area contributed by atoms with Crippen LogP contribution in [0.1, 0.15) is 1.43 Å². The summed E-state index contributed by atoms with van der Waals surface area (Å²) in [5.41, 5.74) is 0. The summed E-state index contributed by atoms with van der Waals surface area (Å²) in [4.78, 5) is 0. The van der Waals surface area contributed by atoms with Gasteiger partial charge in [0.2, 0.25) is 0 Å². The molecule has 0 atom stereocenters. The third kappa shape index (κ3) is 2.67. The minimum atomic E-state index is -0.256. The fraction of sp³-hybridized carbons (Fsp3) is 0.200. The molecule has 0 radical (unpaired) electrons. The smallest absolute Gasteiger partial charge is 1.00 e. The summed E-state index contributed by atoms with van der Waals surface area (Å²) in [6.45, 7) is 0. The van der Waals surface area contributed by atoms with E-state index in [9.17, 15) is 0 Å². The van der Waals surface area contributed by atoms with Crippen LogP contribution in [-0.2, 0) is 23.2 Å². The van der Waals surface area contributed by atoms with Gasteiger partial charge in [-0.25, -0.2) is 0 Å². The number of hydrogen-bond acceptors (Lipinski definition) is 0. The minimum Gasteiger partial charge on any atom is -1.00 e. The summed E-state index contributed by atoms with van der Waals surface area (Å²) in [5.74, 6) is 0. The van der Waals surface area contributed by atoms with E-state index >= 15 is 0 Å². The zero-order chi connectivity index (χ0) is 7.52. The summed E-state index contributed by atoms with van der Waals surface area (Å²) in [6.07, 6.45) is 18.1. The molecular formula is C10H11BrZr. The number of rotatable bonds is 2. The maximum atomic E-state index is 2.34. The van der Waals surface area contributed by atoms with E-state index in [2.05, 4.69) is 48.6 Å². The molecule has 0 bridgehead atoms. The first kappa shape index (κ1) is 10.4. The van der Waals surface area contributed by atoms with Gasteiger partial charge < -0.3 is 18.4 Å². The van der Waals surface area contributed by atoms with E-state index in [-0.39, 0.29) is 41.6 Å². The number of allylic oxidation sites excluding steroid dienone is 8. The van der Waals surface area contributed by atoms with Gasteiger partial charge in [-0.1, -0.05) is 0 Å². The van der Waals surface area contributed by atoms with Crippen LogP contribution in [-0.4, -0.2) is 0 Å². The molecule has 0 spiro atoms. The van der Waals surface area contributed by atoms with E-state index in [4.69, 9.17) is 0 Å². The molecule has 2 rings (SSSR count). The molecule has 0 saturated heterocycles. The third-order valence-electron chi connectivity index (χ3n) is 1.88. The van der Waals surface area contributed by atoms with E-state index in [1.165, 1.54) is 0 Å². The van der Waals surface area contributed by atoms with Crippen LogP contribution < -0.4 is 17.0 Å². The maximum Gasteiger partial charge on any atom is -1.00 e. The van der Waals surface area contributed by atoms with Gasteiger partial charge in [0.1, 0.15) is 0 Å². The number of halogens is 1. The molecule has 0 aromatic carbocycles. The van der Waals surface area contributed by atoms with Crippen LogP contribution in [0, 0.1) is 0 Å². The van der Waals surface area contributed by atoms with Gasteiger partial charge in [-0.3, -0.25) is 0 Å². The van der Waals surface area contributed by atoms with E-state index < -0.39 is 0 Å². The van der Waals surface area contributed by atoms with Crippen molar-refractivity contribution >= 4 is 0 Å². The van der Waals surface area contributed by atoms with Crippen molar-refractivity contribution in [2.45, 2.75) is 7.25 Å². The zero-order valence-electron chi connectivity index (χ0n) is 7.65. The molecule has 0 aliphatic heterocycles. The predicted octanol–water partition coefficient (Wildman–Crippen LogP) is 0.0144. The quantitative estimate of drug-likeness (QED) is 0.674. The summed E-state index contributed by atoms with van der Waals surface area (Å²) >= 11 is -0.256. The van der Waals surface area contributed by atoms with Crippen molar-refractivity contribution in [3.05, 3.63) is 48.6 Å². The first-order chi connectivity index (χ1) is 5.45. The molecule has 62 valence electrons. The van der Waals surface area contributed by atoms with Crippen LogP contribution in [0.2, 0.25) is 7.25 Å². The molecule has 2 aliphatic rings. The van der Waals surface area contributed by atoms with Crippen molar-refractivity contribution < 1.29 is 41.6 Å². The van der Waals surface area contributed by atoms with Crippen LogP contribution in [0.4, 0.5) is 0 Å². The molecule has 0 unspecified atom stereocenters. The fourth-order valence-electron chi connectivity index (χ4n) is 1.31. The molecule has 0 fully saturated rings. The van der Waals surface area contributed by atoms with Gasteiger partial charge in [0.25, 0.3) is 0 Å². The average molecular weight is 302 g/mol. The summed E-state index contributed by atoms with van der Waals surface area (Å²) in [6, 6.07) is 0. The van der Waals surface area contributed by atoms with Crippen molar-refractivity contribution in [1.29, 1.82) is 0 Å². The van der Waals surface area contributed by atoms with Crippen LogP contribution in [0.5, 0.6) is 0 Å². The molecule has 0 amide bonds. The summed E-state index contributed by atoms with van der Waals surface area (Å²) in [7, 11) is 0. The fourth-order valence-corrected chi connectivity index (χ4v) is 4.59. The van der Waals surface area contributed by atoms with Crippen LogP contribution in [0.15, 0.2) is 48.6 Å². The molecule has 0 saturated carbocycles. The Morgan fingerprint density at radius 1 is 0.750 bits per heavy atom. The topological polar surface area (TPSA) is 0 Å². The summed E-state index contributed by atoms with van der Waals surface area (Å²) < 4.78 is 1.69. The Labute approximate surface area is 96.9 Å². The van der Waals surface area contributed by atoms with Gasteiger partial charge in [0.05, 0.1) is 0 Å². The maximum absolute atomic E-state index is 2.34. The predicted molar refractivity (Wildman–Crippen MR) is 45.2 cm³/mol. The molecule has 0 nitrogen and oxygen atoms in total. The van der Waals surface area contributed by atoms with E-state index in [0.29, 0.717) is 0 Å². The molecule has 12 heavy (non-hydrogen) atoms. The third-order valence-corrected chi connectivity index (χ3v) is 5.67. The van der Waals surface area contributed by atoms with Crippen LogP contribution in [0.25, 0.3) is 0 Å². The SMILES string of the molecule is C1=C[CH]([Zr+2][CH]2C=CC=C2)C=C1.[Br-].[H-]. The largest absolute Gasteiger partial charge is 1.00 e. The van der Waals surface area contributed by atoms with Crippen molar-refractivity contribution in [3.63, 3.8) is 0 Å². The second-order valence-electron chi connectivity index (χ2n) is 2.76. The Morgan fingerprint density at radius 2 is 1.08 bits per heavy atom. The Hall–Kier alpha value is 0.323. The molecule has 0 N–H and O–H groups in total. The van der Waals surface area contributed by atoms with Crippen molar-refractivity contribution in [1.82, 2.24) is 0 Å². The van der Waals surface area contributed by atoms with Crippen molar-refractivity contribution in [3.8, 4) is 0 Å². The van der Waals surface area contributed by atoms with Gasteiger partial charge in [-0.2, -0.15) is 0 Å². The molecule has 0 aromatic heterocycles. The Morgan fingerprint density at radius 3 is 1.42 bits per heavy atom. The van der Waals surface area contributed by atoms with Gasteiger partial charge in [0, 0.05) is 0 Å². The van der Waals surface area contributed by atoms with Gasteiger partial charge >= 0.3 is 79.1 Å². The molecule has 2 heteroatoms. The average Bonchev–Trinajstić information content (AvgIpc) is 2.60. The van der Waals surface area contributed by atoms with E-state index in [1.54, 1.807) is 0 Å². The Kier molecular flexibility index (Phi) is 4.46. The number of hydrogen-bond donors (Lipinski definition) is 0. The van der Waals surface area contributed by atoms with Gasteiger partial charge in [-0.15, -0.1) is 0 Å². The normalized spacial score (nSPS) is 20.0. The monoisotopic (exact) mass is 300 g/mol. The molecule has 2 aliphatic carbocycles. The molecule has 0 aromatic rings. The van der Waals surface area contributed by atoms with E-state index in [1.807, 2.05) is 0 Å². The van der Waals surface area contributed by atoms with Crippen LogP contribution >= 0.6 is 0 Å². The first-order valence-electron chi connectivity index (χ1n) is 3.91. The second kappa shape index (κ2) is 5.14. The van der Waals surface area contributed by atoms with E-state index in [0.717, 1.165) is 7.25 Å². The van der Waals surface area contributed by atoms with Crippen molar-refractivity contribution in [2.75, 3.05) is 0 Å². The van der Waals surface area contributed by atoms with Crippen LogP contribution in [0.3, 0.4) is 0 Å².